The summed E-state index contributed by atoms with van der Waals surface area (Å²) in [6.07, 6.45) is 0. The SMILES string of the molecule is Fc1cc(F)cc(OCN2CCOCC2)c1. The highest BCUT2D eigenvalue weighted by Gasteiger charge is 2.10. The van der Waals surface area contributed by atoms with Crippen LogP contribution in [0.4, 0.5) is 8.78 Å². The molecule has 88 valence electrons. The number of nitrogens with zero attached hydrogens (tertiary/aromatic N) is 1. The second-order valence-corrected chi connectivity index (χ2v) is 3.61. The number of hydrogen-bond acceptors (Lipinski definition) is 3. The third-order valence-electron chi connectivity index (χ3n) is 2.35. The van der Waals surface area contributed by atoms with Gasteiger partial charge < -0.3 is 9.47 Å². The smallest absolute Gasteiger partial charge is 0.142 e. The first-order valence-corrected chi connectivity index (χ1v) is 5.13. The molecule has 1 fully saturated rings. The molecule has 1 saturated heterocycles. The van der Waals surface area contributed by atoms with Gasteiger partial charge in [-0.3, -0.25) is 4.90 Å². The van der Waals surface area contributed by atoms with Crippen LogP contribution in [0.15, 0.2) is 18.2 Å². The van der Waals surface area contributed by atoms with E-state index in [-0.39, 0.29) is 5.75 Å². The van der Waals surface area contributed by atoms with E-state index in [1.54, 1.807) is 0 Å². The van der Waals surface area contributed by atoms with Crippen molar-refractivity contribution in [2.24, 2.45) is 0 Å². The third kappa shape index (κ3) is 3.15. The number of ether oxygens (including phenoxy) is 2. The van der Waals surface area contributed by atoms with Crippen LogP contribution in [0.5, 0.6) is 5.75 Å². The summed E-state index contributed by atoms with van der Waals surface area (Å²) in [7, 11) is 0. The predicted molar refractivity (Wildman–Crippen MR) is 54.2 cm³/mol. The van der Waals surface area contributed by atoms with E-state index in [9.17, 15) is 8.78 Å². The zero-order valence-electron chi connectivity index (χ0n) is 8.79. The van der Waals surface area contributed by atoms with Crippen molar-refractivity contribution in [2.75, 3.05) is 33.0 Å². The van der Waals surface area contributed by atoms with Crippen LogP contribution in [0, 0.1) is 11.6 Å². The van der Waals surface area contributed by atoms with Gasteiger partial charge in [0.15, 0.2) is 0 Å². The summed E-state index contributed by atoms with van der Waals surface area (Å²) in [5.74, 6) is -1.04. The lowest BCUT2D eigenvalue weighted by atomic mass is 10.3. The summed E-state index contributed by atoms with van der Waals surface area (Å²) in [5, 5.41) is 0. The van der Waals surface area contributed by atoms with Gasteiger partial charge in [-0.15, -0.1) is 0 Å². The Balaban J connectivity index is 1.88. The lowest BCUT2D eigenvalue weighted by molar-refractivity contribution is 0.00394. The van der Waals surface area contributed by atoms with E-state index in [1.807, 2.05) is 4.90 Å². The molecule has 0 aromatic heterocycles. The molecule has 1 aliphatic rings. The van der Waals surface area contributed by atoms with E-state index in [0.29, 0.717) is 19.9 Å². The Morgan fingerprint density at radius 2 is 1.75 bits per heavy atom. The molecule has 1 aromatic rings. The maximum Gasteiger partial charge on any atom is 0.142 e. The van der Waals surface area contributed by atoms with Gasteiger partial charge in [-0.25, -0.2) is 8.78 Å². The van der Waals surface area contributed by atoms with Crippen LogP contribution in [0.25, 0.3) is 0 Å². The van der Waals surface area contributed by atoms with Crippen molar-refractivity contribution in [2.45, 2.75) is 0 Å². The van der Waals surface area contributed by atoms with Crippen LogP contribution in [0.1, 0.15) is 0 Å². The summed E-state index contributed by atoms with van der Waals surface area (Å²) < 4.78 is 36.2. The van der Waals surface area contributed by atoms with Gasteiger partial charge in [0.05, 0.1) is 13.2 Å². The molecule has 0 radical (unpaired) electrons. The molecule has 16 heavy (non-hydrogen) atoms. The van der Waals surface area contributed by atoms with Crippen molar-refractivity contribution in [3.8, 4) is 5.75 Å². The minimum Gasteiger partial charge on any atom is -0.478 e. The Morgan fingerprint density at radius 3 is 2.38 bits per heavy atom. The lowest BCUT2D eigenvalue weighted by Crippen LogP contribution is -2.38. The number of rotatable bonds is 3. The molecule has 0 saturated carbocycles. The quantitative estimate of drug-likeness (QED) is 0.786. The first-order valence-electron chi connectivity index (χ1n) is 5.13. The van der Waals surface area contributed by atoms with Gasteiger partial charge in [0.2, 0.25) is 0 Å². The molecule has 0 amide bonds. The van der Waals surface area contributed by atoms with Crippen molar-refractivity contribution in [1.82, 2.24) is 4.90 Å². The Morgan fingerprint density at radius 1 is 1.12 bits per heavy atom. The molecular formula is C11H13F2NO2. The second-order valence-electron chi connectivity index (χ2n) is 3.61. The van der Waals surface area contributed by atoms with Crippen LogP contribution in [0.2, 0.25) is 0 Å². The van der Waals surface area contributed by atoms with E-state index in [1.165, 1.54) is 12.1 Å². The normalized spacial score (nSPS) is 17.4. The summed E-state index contributed by atoms with van der Waals surface area (Å²) in [6.45, 7) is 3.21. The average Bonchev–Trinajstić information content (AvgIpc) is 2.27. The van der Waals surface area contributed by atoms with Crippen molar-refractivity contribution >= 4 is 0 Å². The highest BCUT2D eigenvalue weighted by Crippen LogP contribution is 2.15. The summed E-state index contributed by atoms with van der Waals surface area (Å²) in [4.78, 5) is 2.02. The maximum atomic E-state index is 12.8. The Bertz CT molecular complexity index is 334. The van der Waals surface area contributed by atoms with Gasteiger partial charge in [0.25, 0.3) is 0 Å². The molecular weight excluding hydrogens is 216 g/mol. The summed E-state index contributed by atoms with van der Waals surface area (Å²) in [5.41, 5.74) is 0. The molecule has 1 heterocycles. The number of morpholine rings is 1. The standard InChI is InChI=1S/C11H13F2NO2/c12-9-5-10(13)7-11(6-9)16-8-14-1-3-15-4-2-14/h5-7H,1-4,8H2. The van der Waals surface area contributed by atoms with E-state index < -0.39 is 11.6 Å². The fraction of sp³-hybridized carbons (Fsp3) is 0.455. The molecule has 0 aliphatic carbocycles. The largest absolute Gasteiger partial charge is 0.478 e. The molecule has 0 bridgehead atoms. The van der Waals surface area contributed by atoms with Gasteiger partial charge >= 0.3 is 0 Å². The number of hydrogen-bond donors (Lipinski definition) is 0. The van der Waals surface area contributed by atoms with Gasteiger partial charge in [0.1, 0.15) is 24.1 Å². The fourth-order valence-electron chi connectivity index (χ4n) is 1.51. The monoisotopic (exact) mass is 229 g/mol. The van der Waals surface area contributed by atoms with Crippen LogP contribution in [0.3, 0.4) is 0 Å². The second kappa shape index (κ2) is 5.23. The van der Waals surface area contributed by atoms with Crippen LogP contribution >= 0.6 is 0 Å². The van der Waals surface area contributed by atoms with E-state index in [2.05, 4.69) is 0 Å². The third-order valence-corrected chi connectivity index (χ3v) is 2.35. The highest BCUT2D eigenvalue weighted by atomic mass is 19.1. The van der Waals surface area contributed by atoms with Gasteiger partial charge in [-0.05, 0) is 0 Å². The zero-order chi connectivity index (χ0) is 11.4. The molecule has 0 atom stereocenters. The summed E-state index contributed by atoms with van der Waals surface area (Å²) >= 11 is 0. The van der Waals surface area contributed by atoms with Gasteiger partial charge in [-0.2, -0.15) is 0 Å². The zero-order valence-corrected chi connectivity index (χ0v) is 8.79. The van der Waals surface area contributed by atoms with E-state index in [4.69, 9.17) is 9.47 Å². The molecule has 3 nitrogen and oxygen atoms in total. The molecule has 2 rings (SSSR count). The lowest BCUT2D eigenvalue weighted by Gasteiger charge is -2.26. The Hall–Kier alpha value is -1.20. The highest BCUT2D eigenvalue weighted by molar-refractivity contribution is 5.23. The Kier molecular flexibility index (Phi) is 3.69. The minimum absolute atomic E-state index is 0.212. The van der Waals surface area contributed by atoms with Crippen molar-refractivity contribution in [3.05, 3.63) is 29.8 Å². The molecule has 1 aromatic carbocycles. The van der Waals surface area contributed by atoms with Gasteiger partial charge in [-0.1, -0.05) is 0 Å². The van der Waals surface area contributed by atoms with Crippen molar-refractivity contribution in [3.63, 3.8) is 0 Å². The molecule has 0 N–H and O–H groups in total. The molecule has 0 spiro atoms. The predicted octanol–water partition coefficient (Wildman–Crippen LogP) is 1.63. The van der Waals surface area contributed by atoms with Crippen molar-refractivity contribution in [1.29, 1.82) is 0 Å². The topological polar surface area (TPSA) is 21.7 Å². The first-order chi connectivity index (χ1) is 7.74. The molecule has 0 unspecified atom stereocenters. The Labute approximate surface area is 92.6 Å². The summed E-state index contributed by atoms with van der Waals surface area (Å²) in [6, 6.07) is 3.16. The van der Waals surface area contributed by atoms with E-state index in [0.717, 1.165) is 19.2 Å². The molecule has 5 heteroatoms. The van der Waals surface area contributed by atoms with E-state index >= 15 is 0 Å². The first kappa shape index (κ1) is 11.3. The average molecular weight is 229 g/mol. The number of benzene rings is 1. The van der Waals surface area contributed by atoms with Gasteiger partial charge in [0, 0.05) is 31.3 Å². The maximum absolute atomic E-state index is 12.8. The fourth-order valence-corrected chi connectivity index (χ4v) is 1.51. The van der Waals surface area contributed by atoms with Crippen LogP contribution in [-0.4, -0.2) is 37.9 Å². The van der Waals surface area contributed by atoms with Crippen molar-refractivity contribution < 1.29 is 18.3 Å². The minimum atomic E-state index is -0.628. The van der Waals surface area contributed by atoms with Crippen LogP contribution in [-0.2, 0) is 4.74 Å². The molecule has 1 aliphatic heterocycles. The number of halogens is 2. The van der Waals surface area contributed by atoms with Crippen LogP contribution < -0.4 is 4.74 Å².